The predicted molar refractivity (Wildman–Crippen MR) is 78.5 cm³/mol. The summed E-state index contributed by atoms with van der Waals surface area (Å²) in [7, 11) is 0. The fraction of sp³-hybridized carbons (Fsp3) is 0.867. The minimum Gasteiger partial charge on any atom is -0.436 e. The molecule has 116 valence electrons. The SMILES string of the molecule is CCCCN(CCCC)CCCN1C(=O)OC(C)C1=O. The van der Waals surface area contributed by atoms with Crippen molar-refractivity contribution in [3.05, 3.63) is 0 Å². The molecule has 20 heavy (non-hydrogen) atoms. The van der Waals surface area contributed by atoms with Crippen LogP contribution in [-0.4, -0.2) is 54.1 Å². The lowest BCUT2D eigenvalue weighted by atomic mass is 10.2. The van der Waals surface area contributed by atoms with E-state index in [1.807, 2.05) is 0 Å². The van der Waals surface area contributed by atoms with Crippen LogP contribution in [0.1, 0.15) is 52.9 Å². The highest BCUT2D eigenvalue weighted by Crippen LogP contribution is 2.13. The lowest BCUT2D eigenvalue weighted by Gasteiger charge is -2.22. The van der Waals surface area contributed by atoms with Crippen LogP contribution in [0.5, 0.6) is 0 Å². The number of rotatable bonds is 10. The van der Waals surface area contributed by atoms with Crippen LogP contribution >= 0.6 is 0 Å². The normalized spacial score (nSPS) is 19.0. The van der Waals surface area contributed by atoms with E-state index in [9.17, 15) is 9.59 Å². The first-order valence-electron chi connectivity index (χ1n) is 7.84. The fourth-order valence-electron chi connectivity index (χ4n) is 2.33. The van der Waals surface area contributed by atoms with Gasteiger partial charge in [-0.05, 0) is 45.8 Å². The van der Waals surface area contributed by atoms with E-state index in [2.05, 4.69) is 18.7 Å². The van der Waals surface area contributed by atoms with E-state index in [0.717, 1.165) is 26.1 Å². The second-order valence-electron chi connectivity index (χ2n) is 5.42. The molecule has 0 bridgehead atoms. The number of imide groups is 1. The van der Waals surface area contributed by atoms with Gasteiger partial charge in [0.25, 0.3) is 5.91 Å². The molecule has 0 aromatic carbocycles. The van der Waals surface area contributed by atoms with Gasteiger partial charge < -0.3 is 9.64 Å². The minimum absolute atomic E-state index is 0.205. The fourth-order valence-corrected chi connectivity index (χ4v) is 2.33. The first-order chi connectivity index (χ1) is 9.60. The Labute approximate surface area is 122 Å². The van der Waals surface area contributed by atoms with E-state index in [4.69, 9.17) is 4.74 Å². The Hall–Kier alpha value is -1.10. The second-order valence-corrected chi connectivity index (χ2v) is 5.42. The number of amides is 2. The van der Waals surface area contributed by atoms with E-state index in [1.54, 1.807) is 6.92 Å². The topological polar surface area (TPSA) is 49.9 Å². The summed E-state index contributed by atoms with van der Waals surface area (Å²) in [5, 5.41) is 0. The summed E-state index contributed by atoms with van der Waals surface area (Å²) in [5.41, 5.74) is 0. The molecule has 0 N–H and O–H groups in total. The van der Waals surface area contributed by atoms with E-state index in [0.29, 0.717) is 6.54 Å². The van der Waals surface area contributed by atoms with Gasteiger partial charge in [0.05, 0.1) is 0 Å². The van der Waals surface area contributed by atoms with Crippen molar-refractivity contribution in [1.82, 2.24) is 9.80 Å². The number of carbonyl (C=O) groups excluding carboxylic acids is 2. The molecule has 0 aliphatic carbocycles. The smallest absolute Gasteiger partial charge is 0.417 e. The summed E-state index contributed by atoms with van der Waals surface area (Å²) in [6.45, 7) is 9.62. The van der Waals surface area contributed by atoms with Crippen LogP contribution in [0.15, 0.2) is 0 Å². The maximum atomic E-state index is 11.7. The van der Waals surface area contributed by atoms with Gasteiger partial charge >= 0.3 is 6.09 Å². The Morgan fingerprint density at radius 3 is 2.05 bits per heavy atom. The van der Waals surface area contributed by atoms with Gasteiger partial charge in [-0.15, -0.1) is 0 Å². The van der Waals surface area contributed by atoms with Crippen molar-refractivity contribution >= 4 is 12.0 Å². The maximum Gasteiger partial charge on any atom is 0.417 e. The highest BCUT2D eigenvalue weighted by molar-refractivity contribution is 5.99. The van der Waals surface area contributed by atoms with Crippen LogP contribution in [0, 0.1) is 0 Å². The van der Waals surface area contributed by atoms with Gasteiger partial charge in [0.1, 0.15) is 0 Å². The van der Waals surface area contributed by atoms with Crippen LogP contribution in [0.2, 0.25) is 0 Å². The number of hydrogen-bond acceptors (Lipinski definition) is 4. The second kappa shape index (κ2) is 8.95. The van der Waals surface area contributed by atoms with E-state index in [-0.39, 0.29) is 5.91 Å². The lowest BCUT2D eigenvalue weighted by molar-refractivity contribution is -0.129. The monoisotopic (exact) mass is 284 g/mol. The summed E-state index contributed by atoms with van der Waals surface area (Å²) in [6.07, 6.45) is 4.50. The van der Waals surface area contributed by atoms with Crippen LogP contribution < -0.4 is 0 Å². The largest absolute Gasteiger partial charge is 0.436 e. The molecule has 5 nitrogen and oxygen atoms in total. The third-order valence-electron chi connectivity index (χ3n) is 3.62. The molecule has 0 spiro atoms. The number of cyclic esters (lactones) is 1. The van der Waals surface area contributed by atoms with Crippen molar-refractivity contribution < 1.29 is 14.3 Å². The molecule has 1 unspecified atom stereocenters. The van der Waals surface area contributed by atoms with Gasteiger partial charge in [0.15, 0.2) is 6.10 Å². The highest BCUT2D eigenvalue weighted by atomic mass is 16.6. The quantitative estimate of drug-likeness (QED) is 0.619. The molecule has 0 aromatic heterocycles. The molecule has 0 radical (unpaired) electrons. The van der Waals surface area contributed by atoms with E-state index >= 15 is 0 Å². The molecule has 0 saturated carbocycles. The van der Waals surface area contributed by atoms with Gasteiger partial charge in [-0.2, -0.15) is 0 Å². The Morgan fingerprint density at radius 2 is 1.60 bits per heavy atom. The third kappa shape index (κ3) is 5.12. The van der Waals surface area contributed by atoms with Crippen molar-refractivity contribution in [1.29, 1.82) is 0 Å². The number of unbranched alkanes of at least 4 members (excludes halogenated alkanes) is 2. The van der Waals surface area contributed by atoms with Crippen molar-refractivity contribution in [2.45, 2.75) is 59.0 Å². The van der Waals surface area contributed by atoms with Crippen LogP contribution in [0.4, 0.5) is 4.79 Å². The molecule has 0 aromatic rings. The zero-order valence-corrected chi connectivity index (χ0v) is 13.1. The molecule has 1 rings (SSSR count). The molecule has 2 amide bonds. The predicted octanol–water partition coefficient (Wildman–Crippen LogP) is 2.65. The highest BCUT2D eigenvalue weighted by Gasteiger charge is 2.36. The Kier molecular flexibility index (Phi) is 7.59. The lowest BCUT2D eigenvalue weighted by Crippen LogP contribution is -2.34. The molecule has 1 atom stereocenters. The maximum absolute atomic E-state index is 11.7. The van der Waals surface area contributed by atoms with Gasteiger partial charge in [-0.25, -0.2) is 9.69 Å². The standard InChI is InChI=1S/C15H28N2O3/c1-4-6-9-16(10-7-5-2)11-8-12-17-14(18)13(3)20-15(17)19/h13H,4-12H2,1-3H3. The first kappa shape index (κ1) is 17.0. The van der Waals surface area contributed by atoms with E-state index < -0.39 is 12.2 Å². The average Bonchev–Trinajstić information content (AvgIpc) is 2.67. The summed E-state index contributed by atoms with van der Waals surface area (Å²) in [6, 6.07) is 0. The Bertz CT molecular complexity index is 312. The zero-order chi connectivity index (χ0) is 15.0. The molecular formula is C15H28N2O3. The number of nitrogens with zero attached hydrogens (tertiary/aromatic N) is 2. The van der Waals surface area contributed by atoms with Crippen LogP contribution in [0.25, 0.3) is 0 Å². The summed E-state index contributed by atoms with van der Waals surface area (Å²) < 4.78 is 4.90. The van der Waals surface area contributed by atoms with Crippen LogP contribution in [0.3, 0.4) is 0 Å². The van der Waals surface area contributed by atoms with Gasteiger partial charge in [-0.3, -0.25) is 4.79 Å². The van der Waals surface area contributed by atoms with Gasteiger partial charge in [-0.1, -0.05) is 26.7 Å². The average molecular weight is 284 g/mol. The molecule has 1 aliphatic heterocycles. The molecule has 1 aliphatic rings. The third-order valence-corrected chi connectivity index (χ3v) is 3.62. The van der Waals surface area contributed by atoms with Crippen molar-refractivity contribution in [3.63, 3.8) is 0 Å². The molecule has 5 heteroatoms. The summed E-state index contributed by atoms with van der Waals surface area (Å²) in [4.78, 5) is 26.9. The first-order valence-corrected chi connectivity index (χ1v) is 7.84. The molecule has 1 fully saturated rings. The summed E-state index contributed by atoms with van der Waals surface area (Å²) >= 11 is 0. The minimum atomic E-state index is -0.612. The molecule has 1 saturated heterocycles. The molecular weight excluding hydrogens is 256 g/mol. The Morgan fingerprint density at radius 1 is 1.05 bits per heavy atom. The van der Waals surface area contributed by atoms with E-state index in [1.165, 1.54) is 30.6 Å². The Balaban J connectivity index is 2.31. The van der Waals surface area contributed by atoms with Gasteiger partial charge in [0.2, 0.25) is 0 Å². The van der Waals surface area contributed by atoms with Crippen molar-refractivity contribution in [3.8, 4) is 0 Å². The van der Waals surface area contributed by atoms with Gasteiger partial charge in [0, 0.05) is 6.54 Å². The summed E-state index contributed by atoms with van der Waals surface area (Å²) in [5.74, 6) is -0.205. The number of hydrogen-bond donors (Lipinski definition) is 0. The van der Waals surface area contributed by atoms with Crippen LogP contribution in [-0.2, 0) is 9.53 Å². The van der Waals surface area contributed by atoms with Crippen molar-refractivity contribution in [2.24, 2.45) is 0 Å². The molecule has 1 heterocycles. The number of carbonyl (C=O) groups is 2. The van der Waals surface area contributed by atoms with Crippen molar-refractivity contribution in [2.75, 3.05) is 26.2 Å². The number of ether oxygens (including phenoxy) is 1. The zero-order valence-electron chi connectivity index (χ0n) is 13.1.